The van der Waals surface area contributed by atoms with E-state index in [4.69, 9.17) is 0 Å². The van der Waals surface area contributed by atoms with Gasteiger partial charge in [-0.15, -0.1) is 0 Å². The average molecular weight is 335 g/mol. The molecule has 23 heavy (non-hydrogen) atoms. The number of carbonyl (C=O) groups is 1. The summed E-state index contributed by atoms with van der Waals surface area (Å²) in [6, 6.07) is 9.63. The largest absolute Gasteiger partial charge is 0.353 e. The van der Waals surface area contributed by atoms with Crippen molar-refractivity contribution in [2.75, 3.05) is 5.75 Å². The van der Waals surface area contributed by atoms with E-state index >= 15 is 0 Å². The summed E-state index contributed by atoms with van der Waals surface area (Å²) in [5.41, 5.74) is 1.06. The lowest BCUT2D eigenvalue weighted by Gasteiger charge is -2.10. The van der Waals surface area contributed by atoms with Gasteiger partial charge in [0.1, 0.15) is 17.3 Å². The molecule has 0 fully saturated rings. The molecule has 6 nitrogen and oxygen atoms in total. The molecule has 1 heterocycles. The molecule has 2 aromatic rings. The maximum absolute atomic E-state index is 12.2. The van der Waals surface area contributed by atoms with Crippen LogP contribution >= 0.6 is 0 Å². The van der Waals surface area contributed by atoms with E-state index in [-0.39, 0.29) is 11.8 Å². The van der Waals surface area contributed by atoms with E-state index < -0.39 is 21.5 Å². The molecule has 0 saturated heterocycles. The Morgan fingerprint density at radius 3 is 2.61 bits per heavy atom. The van der Waals surface area contributed by atoms with E-state index in [9.17, 15) is 13.2 Å². The molecule has 1 aromatic carbocycles. The van der Waals surface area contributed by atoms with Crippen molar-refractivity contribution in [1.82, 2.24) is 14.9 Å². The minimum absolute atomic E-state index is 0.0854. The fourth-order valence-electron chi connectivity index (χ4n) is 2.22. The van der Waals surface area contributed by atoms with Crippen molar-refractivity contribution in [3.05, 3.63) is 54.1 Å². The number of rotatable bonds is 7. The van der Waals surface area contributed by atoms with E-state index in [1.54, 1.807) is 30.8 Å². The molecule has 0 spiro atoms. The second-order valence-corrected chi connectivity index (χ2v) is 7.78. The van der Waals surface area contributed by atoms with Gasteiger partial charge in [-0.2, -0.15) is 0 Å². The first-order valence-corrected chi connectivity index (χ1v) is 9.21. The van der Waals surface area contributed by atoms with Crippen LogP contribution in [0.25, 0.3) is 0 Å². The van der Waals surface area contributed by atoms with Crippen LogP contribution in [0.3, 0.4) is 0 Å². The van der Waals surface area contributed by atoms with Crippen LogP contribution in [0.1, 0.15) is 25.2 Å². The highest BCUT2D eigenvalue weighted by atomic mass is 32.2. The van der Waals surface area contributed by atoms with E-state index in [0.29, 0.717) is 12.4 Å². The Labute approximate surface area is 136 Å². The van der Waals surface area contributed by atoms with Gasteiger partial charge in [0.05, 0.1) is 0 Å². The third-order valence-electron chi connectivity index (χ3n) is 3.15. The number of sulfone groups is 1. The third-order valence-corrected chi connectivity index (χ3v) is 4.55. The van der Waals surface area contributed by atoms with Gasteiger partial charge >= 0.3 is 0 Å². The molecule has 0 saturated carbocycles. The third kappa shape index (κ3) is 5.52. The summed E-state index contributed by atoms with van der Waals surface area (Å²) < 4.78 is 26.1. The van der Waals surface area contributed by atoms with Crippen LogP contribution in [0.5, 0.6) is 0 Å². The topological polar surface area (TPSA) is 81.1 Å². The minimum Gasteiger partial charge on any atom is -0.353 e. The van der Waals surface area contributed by atoms with Gasteiger partial charge in [0, 0.05) is 25.0 Å². The maximum atomic E-state index is 12.2. The van der Waals surface area contributed by atoms with Crippen LogP contribution in [-0.2, 0) is 26.9 Å². The number of nitrogens with one attached hydrogen (secondary N) is 1. The molecule has 2 rings (SSSR count). The Kier molecular flexibility index (Phi) is 5.54. The van der Waals surface area contributed by atoms with Crippen LogP contribution in [-0.4, -0.2) is 35.7 Å². The van der Waals surface area contributed by atoms with Crippen molar-refractivity contribution in [2.45, 2.75) is 32.2 Å². The van der Waals surface area contributed by atoms with Crippen LogP contribution in [0.2, 0.25) is 0 Å². The first kappa shape index (κ1) is 17.2. The first-order valence-electron chi connectivity index (χ1n) is 7.39. The zero-order chi connectivity index (χ0) is 16.9. The van der Waals surface area contributed by atoms with Gasteiger partial charge in [0.2, 0.25) is 5.91 Å². The molecule has 0 unspecified atom stereocenters. The van der Waals surface area contributed by atoms with Crippen molar-refractivity contribution in [3.8, 4) is 0 Å². The van der Waals surface area contributed by atoms with Gasteiger partial charge in [-0.3, -0.25) is 4.79 Å². The van der Waals surface area contributed by atoms with Gasteiger partial charge in [0.25, 0.3) is 0 Å². The van der Waals surface area contributed by atoms with Gasteiger partial charge in [-0.1, -0.05) is 30.3 Å². The predicted octanol–water partition coefficient (Wildman–Crippen LogP) is 1.37. The molecule has 124 valence electrons. The Bertz CT molecular complexity index is 752. The summed E-state index contributed by atoms with van der Waals surface area (Å²) in [4.78, 5) is 15.8. The summed E-state index contributed by atoms with van der Waals surface area (Å²) in [5, 5.41) is 2.59. The van der Waals surface area contributed by atoms with Crippen molar-refractivity contribution in [3.63, 3.8) is 0 Å². The summed E-state index contributed by atoms with van der Waals surface area (Å²) >= 11 is 0. The number of aromatic nitrogens is 2. The van der Waals surface area contributed by atoms with E-state index in [0.717, 1.165) is 5.56 Å². The maximum Gasteiger partial charge on any atom is 0.235 e. The summed E-state index contributed by atoms with van der Waals surface area (Å²) in [6.45, 7) is 4.12. The molecule has 7 heteroatoms. The number of benzene rings is 1. The van der Waals surface area contributed by atoms with E-state index in [1.807, 2.05) is 30.3 Å². The molecular weight excluding hydrogens is 314 g/mol. The Morgan fingerprint density at radius 2 is 1.96 bits per heavy atom. The van der Waals surface area contributed by atoms with Gasteiger partial charge in [0.15, 0.2) is 9.84 Å². The van der Waals surface area contributed by atoms with Crippen LogP contribution < -0.4 is 5.32 Å². The highest BCUT2D eigenvalue weighted by Gasteiger charge is 2.20. The number of hydrogen-bond acceptors (Lipinski definition) is 4. The zero-order valence-electron chi connectivity index (χ0n) is 13.3. The number of amides is 1. The second-order valence-electron chi connectivity index (χ2n) is 5.71. The Hall–Kier alpha value is -2.15. The standard InChI is InChI=1S/C16H21N3O3S/c1-13(2)18-16(20)12-23(21,22)11-15-17-8-9-19(15)10-14-6-4-3-5-7-14/h3-9,13H,10-12H2,1-2H3,(H,18,20). The molecule has 1 aromatic heterocycles. The average Bonchev–Trinajstić information content (AvgIpc) is 2.84. The first-order chi connectivity index (χ1) is 10.9. The monoisotopic (exact) mass is 335 g/mol. The van der Waals surface area contributed by atoms with E-state index in [1.165, 1.54) is 0 Å². The van der Waals surface area contributed by atoms with Crippen molar-refractivity contribution >= 4 is 15.7 Å². The van der Waals surface area contributed by atoms with Gasteiger partial charge in [-0.25, -0.2) is 13.4 Å². The Morgan fingerprint density at radius 1 is 1.26 bits per heavy atom. The van der Waals surface area contributed by atoms with E-state index in [2.05, 4.69) is 10.3 Å². The highest BCUT2D eigenvalue weighted by Crippen LogP contribution is 2.09. The molecule has 0 bridgehead atoms. The summed E-state index contributed by atoms with van der Waals surface area (Å²) in [7, 11) is -3.56. The fraction of sp³-hybridized carbons (Fsp3) is 0.375. The molecule has 0 aliphatic heterocycles. The molecular formula is C16H21N3O3S. The smallest absolute Gasteiger partial charge is 0.235 e. The van der Waals surface area contributed by atoms with Gasteiger partial charge < -0.3 is 9.88 Å². The minimum atomic E-state index is -3.56. The van der Waals surface area contributed by atoms with Crippen LogP contribution in [0.15, 0.2) is 42.7 Å². The van der Waals surface area contributed by atoms with Crippen LogP contribution in [0, 0.1) is 0 Å². The molecule has 0 radical (unpaired) electrons. The molecule has 0 atom stereocenters. The second kappa shape index (κ2) is 7.41. The predicted molar refractivity (Wildman–Crippen MR) is 88.5 cm³/mol. The molecule has 0 aliphatic carbocycles. The summed E-state index contributed by atoms with van der Waals surface area (Å²) in [5.74, 6) is -0.825. The van der Waals surface area contributed by atoms with Crippen molar-refractivity contribution in [2.24, 2.45) is 0 Å². The lowest BCUT2D eigenvalue weighted by atomic mass is 10.2. The number of imidazole rings is 1. The van der Waals surface area contributed by atoms with Crippen LogP contribution in [0.4, 0.5) is 0 Å². The summed E-state index contributed by atoms with van der Waals surface area (Å²) in [6.07, 6.45) is 3.31. The van der Waals surface area contributed by atoms with Crippen molar-refractivity contribution in [1.29, 1.82) is 0 Å². The number of carbonyl (C=O) groups excluding carboxylic acids is 1. The molecule has 1 N–H and O–H groups in total. The van der Waals surface area contributed by atoms with Crippen molar-refractivity contribution < 1.29 is 13.2 Å². The Balaban J connectivity index is 2.06. The van der Waals surface area contributed by atoms with Gasteiger partial charge in [-0.05, 0) is 19.4 Å². The normalized spacial score (nSPS) is 11.6. The highest BCUT2D eigenvalue weighted by molar-refractivity contribution is 7.91. The molecule has 1 amide bonds. The number of nitrogens with zero attached hydrogens (tertiary/aromatic N) is 2. The fourth-order valence-corrected chi connectivity index (χ4v) is 3.43. The molecule has 0 aliphatic rings. The number of hydrogen-bond donors (Lipinski definition) is 1. The quantitative estimate of drug-likeness (QED) is 0.829. The lowest BCUT2D eigenvalue weighted by molar-refractivity contribution is -0.119. The SMILES string of the molecule is CC(C)NC(=O)CS(=O)(=O)Cc1nccn1Cc1ccccc1. The lowest BCUT2D eigenvalue weighted by Crippen LogP contribution is -2.35. The zero-order valence-corrected chi connectivity index (χ0v) is 14.1.